The number of nitrogens with zero attached hydrogens (tertiary/aromatic N) is 3. The van der Waals surface area contributed by atoms with Crippen molar-refractivity contribution in [2.75, 3.05) is 0 Å². The zero-order chi connectivity index (χ0) is 35.6. The summed E-state index contributed by atoms with van der Waals surface area (Å²) in [6.07, 6.45) is 0. The van der Waals surface area contributed by atoms with Crippen molar-refractivity contribution in [1.82, 2.24) is 15.0 Å². The minimum atomic E-state index is 0.598. The monoisotopic (exact) mass is 707 g/mol. The summed E-state index contributed by atoms with van der Waals surface area (Å²) >= 11 is 1.80. The van der Waals surface area contributed by atoms with Crippen molar-refractivity contribution >= 4 is 64.2 Å². The standard InChI is InChI=1S/C49H29N3OS/c1-2-12-30(13-3-1)33-16-10-17-35(27-33)47-50-48(39-20-11-22-42-45(39)37-18-6-8-21-41(37)53-42)52-49(51-47)40-28-36(34-25-24-31-14-4-5-15-32(31)26-34)29-44-46(40)38-19-7-9-23-43(38)54-44/h1-29H. The molecule has 0 fully saturated rings. The summed E-state index contributed by atoms with van der Waals surface area (Å²) < 4.78 is 8.75. The highest BCUT2D eigenvalue weighted by Crippen LogP contribution is 2.44. The molecular formula is C49H29N3OS. The largest absolute Gasteiger partial charge is 0.456 e. The molecule has 0 saturated heterocycles. The second-order valence-electron chi connectivity index (χ2n) is 13.6. The predicted octanol–water partition coefficient (Wildman–Crippen LogP) is 13.6. The third kappa shape index (κ3) is 5.09. The van der Waals surface area contributed by atoms with E-state index in [1.165, 1.54) is 25.6 Å². The third-order valence-corrected chi connectivity index (χ3v) is 11.4. The topological polar surface area (TPSA) is 51.8 Å². The van der Waals surface area contributed by atoms with E-state index < -0.39 is 0 Å². The lowest BCUT2D eigenvalue weighted by Gasteiger charge is -2.13. The van der Waals surface area contributed by atoms with Crippen LogP contribution in [0.3, 0.4) is 0 Å². The molecular weight excluding hydrogens is 679 g/mol. The van der Waals surface area contributed by atoms with E-state index >= 15 is 0 Å². The van der Waals surface area contributed by atoms with Crippen molar-refractivity contribution in [2.45, 2.75) is 0 Å². The number of thiophene rings is 1. The van der Waals surface area contributed by atoms with Gasteiger partial charge in [0, 0.05) is 47.6 Å². The molecule has 0 saturated carbocycles. The van der Waals surface area contributed by atoms with E-state index in [4.69, 9.17) is 19.4 Å². The molecule has 11 aromatic rings. The van der Waals surface area contributed by atoms with E-state index in [0.29, 0.717) is 17.5 Å². The first-order valence-electron chi connectivity index (χ1n) is 18.0. The summed E-state index contributed by atoms with van der Waals surface area (Å²) in [4.78, 5) is 16.0. The Kier molecular flexibility index (Phi) is 7.00. The molecule has 0 atom stereocenters. The molecule has 5 heteroatoms. The van der Waals surface area contributed by atoms with Crippen LogP contribution < -0.4 is 0 Å². The zero-order valence-corrected chi connectivity index (χ0v) is 29.7. The van der Waals surface area contributed by atoms with Gasteiger partial charge in [0.2, 0.25) is 0 Å². The molecule has 3 heterocycles. The summed E-state index contributed by atoms with van der Waals surface area (Å²) in [6, 6.07) is 61.6. The highest BCUT2D eigenvalue weighted by molar-refractivity contribution is 7.26. The maximum Gasteiger partial charge on any atom is 0.164 e. The zero-order valence-electron chi connectivity index (χ0n) is 28.9. The second kappa shape index (κ2) is 12.3. The van der Waals surface area contributed by atoms with Gasteiger partial charge >= 0.3 is 0 Å². The molecule has 4 nitrogen and oxygen atoms in total. The minimum Gasteiger partial charge on any atom is -0.456 e. The molecule has 0 aliphatic carbocycles. The fraction of sp³-hybridized carbons (Fsp3) is 0. The first kappa shape index (κ1) is 30.7. The Bertz CT molecular complexity index is 3230. The van der Waals surface area contributed by atoms with Gasteiger partial charge in [0.1, 0.15) is 11.2 Å². The first-order chi connectivity index (χ1) is 26.7. The molecule has 54 heavy (non-hydrogen) atoms. The number of rotatable bonds is 5. The van der Waals surface area contributed by atoms with E-state index in [9.17, 15) is 0 Å². The third-order valence-electron chi connectivity index (χ3n) is 10.3. The van der Waals surface area contributed by atoms with Gasteiger partial charge in [-0.3, -0.25) is 0 Å². The second-order valence-corrected chi connectivity index (χ2v) is 14.7. The van der Waals surface area contributed by atoms with Gasteiger partial charge in [0.25, 0.3) is 0 Å². The van der Waals surface area contributed by atoms with Gasteiger partial charge in [-0.2, -0.15) is 0 Å². The van der Waals surface area contributed by atoms with Gasteiger partial charge in [-0.25, -0.2) is 15.0 Å². The Morgan fingerprint density at radius 2 is 1.02 bits per heavy atom. The molecule has 8 aromatic carbocycles. The van der Waals surface area contributed by atoms with Crippen LogP contribution in [0.15, 0.2) is 180 Å². The van der Waals surface area contributed by atoms with Crippen molar-refractivity contribution < 1.29 is 4.42 Å². The lowest BCUT2D eigenvalue weighted by atomic mass is 9.96. The number of benzene rings is 8. The Morgan fingerprint density at radius 3 is 1.93 bits per heavy atom. The van der Waals surface area contributed by atoms with Crippen LogP contribution in [0.1, 0.15) is 0 Å². The highest BCUT2D eigenvalue weighted by atomic mass is 32.1. The highest BCUT2D eigenvalue weighted by Gasteiger charge is 2.21. The molecule has 3 aromatic heterocycles. The molecule has 0 radical (unpaired) electrons. The van der Waals surface area contributed by atoms with Gasteiger partial charge in [0.15, 0.2) is 17.5 Å². The lowest BCUT2D eigenvalue weighted by Crippen LogP contribution is -2.01. The summed E-state index contributed by atoms with van der Waals surface area (Å²) in [6.45, 7) is 0. The number of hydrogen-bond donors (Lipinski definition) is 0. The maximum absolute atomic E-state index is 6.33. The van der Waals surface area contributed by atoms with Crippen molar-refractivity contribution in [2.24, 2.45) is 0 Å². The van der Waals surface area contributed by atoms with Gasteiger partial charge in [-0.05, 0) is 75.5 Å². The Labute approximate surface area is 314 Å². The lowest BCUT2D eigenvalue weighted by molar-refractivity contribution is 0.669. The number of para-hydroxylation sites is 1. The van der Waals surface area contributed by atoms with Gasteiger partial charge in [-0.1, -0.05) is 133 Å². The van der Waals surface area contributed by atoms with Crippen LogP contribution in [0.25, 0.3) is 109 Å². The van der Waals surface area contributed by atoms with Crippen LogP contribution in [0.4, 0.5) is 0 Å². The Morgan fingerprint density at radius 1 is 0.352 bits per heavy atom. The maximum atomic E-state index is 6.33. The van der Waals surface area contributed by atoms with E-state index in [0.717, 1.165) is 66.3 Å². The summed E-state index contributed by atoms with van der Waals surface area (Å²) in [7, 11) is 0. The molecule has 0 aliphatic heterocycles. The number of furan rings is 1. The SMILES string of the molecule is c1ccc(-c2cccc(-c3nc(-c4cccc5oc6ccccc6c45)nc(-c4cc(-c5ccc6ccccc6c5)cc5sc6ccccc6c45)n3)c2)cc1. The molecule has 0 aliphatic rings. The summed E-state index contributed by atoms with van der Waals surface area (Å²) in [5, 5.41) is 6.78. The van der Waals surface area contributed by atoms with Crippen LogP contribution in [0.2, 0.25) is 0 Å². The van der Waals surface area contributed by atoms with Gasteiger partial charge in [0.05, 0.1) is 0 Å². The van der Waals surface area contributed by atoms with E-state index in [1.807, 2.05) is 36.4 Å². The predicted molar refractivity (Wildman–Crippen MR) is 225 cm³/mol. The molecule has 0 bridgehead atoms. The number of fused-ring (bicyclic) bond motifs is 7. The van der Waals surface area contributed by atoms with Gasteiger partial charge in [-0.15, -0.1) is 11.3 Å². The fourth-order valence-corrected chi connectivity index (χ4v) is 8.91. The van der Waals surface area contributed by atoms with E-state index in [2.05, 4.69) is 140 Å². The number of aromatic nitrogens is 3. The molecule has 252 valence electrons. The molecule has 0 spiro atoms. The van der Waals surface area contributed by atoms with Crippen LogP contribution in [0, 0.1) is 0 Å². The van der Waals surface area contributed by atoms with Crippen molar-refractivity contribution in [3.05, 3.63) is 176 Å². The molecule has 0 unspecified atom stereocenters. The Hall–Kier alpha value is -6.95. The van der Waals surface area contributed by atoms with Crippen LogP contribution in [-0.2, 0) is 0 Å². The average molecular weight is 708 g/mol. The minimum absolute atomic E-state index is 0.598. The van der Waals surface area contributed by atoms with Crippen molar-refractivity contribution in [1.29, 1.82) is 0 Å². The smallest absolute Gasteiger partial charge is 0.164 e. The average Bonchev–Trinajstić information content (AvgIpc) is 3.82. The van der Waals surface area contributed by atoms with E-state index in [-0.39, 0.29) is 0 Å². The van der Waals surface area contributed by atoms with Crippen LogP contribution in [-0.4, -0.2) is 15.0 Å². The Balaban J connectivity index is 1.21. The van der Waals surface area contributed by atoms with Crippen LogP contribution in [0.5, 0.6) is 0 Å². The molecule has 0 N–H and O–H groups in total. The summed E-state index contributed by atoms with van der Waals surface area (Å²) in [5.74, 6) is 1.84. The fourth-order valence-electron chi connectivity index (χ4n) is 7.74. The van der Waals surface area contributed by atoms with E-state index in [1.54, 1.807) is 11.3 Å². The van der Waals surface area contributed by atoms with Gasteiger partial charge < -0.3 is 4.42 Å². The number of hydrogen-bond acceptors (Lipinski definition) is 5. The summed E-state index contributed by atoms with van der Waals surface area (Å²) in [5.41, 5.74) is 8.93. The van der Waals surface area contributed by atoms with Crippen molar-refractivity contribution in [3.8, 4) is 56.4 Å². The quantitative estimate of drug-likeness (QED) is 0.179. The first-order valence-corrected chi connectivity index (χ1v) is 18.8. The van der Waals surface area contributed by atoms with Crippen molar-refractivity contribution in [3.63, 3.8) is 0 Å². The normalized spacial score (nSPS) is 11.7. The molecule has 11 rings (SSSR count). The van der Waals surface area contributed by atoms with Crippen LogP contribution >= 0.6 is 11.3 Å². The molecule has 0 amide bonds.